The van der Waals surface area contributed by atoms with Crippen molar-refractivity contribution in [3.05, 3.63) is 105 Å². The Hall–Kier alpha value is -4.78. The third kappa shape index (κ3) is 7.88. The number of rotatable bonds is 9. The number of aryl methyl sites for hydroxylation is 2. The fourth-order valence-electron chi connectivity index (χ4n) is 3.57. The number of carbonyl (C=O) groups excluding carboxylic acids is 1. The quantitative estimate of drug-likeness (QED) is 0.102. The van der Waals surface area contributed by atoms with E-state index in [0.717, 1.165) is 22.9 Å². The second kappa shape index (κ2) is 12.6. The van der Waals surface area contributed by atoms with Crippen molar-refractivity contribution in [2.45, 2.75) is 30.1 Å². The molecule has 2 N–H and O–H groups in total. The Kier molecular flexibility index (Phi) is 8.97. The van der Waals surface area contributed by atoms with E-state index < -0.39 is 22.7 Å². The Morgan fingerprint density at radius 3 is 2.46 bits per heavy atom. The average molecular weight is 581 g/mol. The lowest BCUT2D eigenvalue weighted by atomic mass is 10.1. The van der Waals surface area contributed by atoms with Gasteiger partial charge >= 0.3 is 6.18 Å². The van der Waals surface area contributed by atoms with Gasteiger partial charge in [-0.1, -0.05) is 42.5 Å². The van der Waals surface area contributed by atoms with E-state index in [1.54, 1.807) is 30.3 Å². The van der Waals surface area contributed by atoms with Crippen molar-refractivity contribution >= 4 is 35.3 Å². The predicted molar refractivity (Wildman–Crippen MR) is 150 cm³/mol. The highest BCUT2D eigenvalue weighted by molar-refractivity contribution is 7.99. The van der Waals surface area contributed by atoms with Crippen LogP contribution in [0.2, 0.25) is 0 Å². The molecule has 1 amide bonds. The van der Waals surface area contributed by atoms with E-state index in [9.17, 15) is 28.1 Å². The van der Waals surface area contributed by atoms with Crippen molar-refractivity contribution in [3.8, 4) is 11.3 Å². The van der Waals surface area contributed by atoms with Crippen LogP contribution in [0, 0.1) is 24.0 Å². The minimum Gasteiger partial charge on any atom is -0.376 e. The summed E-state index contributed by atoms with van der Waals surface area (Å²) in [6, 6.07) is 18.8. The van der Waals surface area contributed by atoms with Gasteiger partial charge in [-0.2, -0.15) is 18.3 Å². The number of hydrogen-bond acceptors (Lipinski definition) is 8. The lowest BCUT2D eigenvalue weighted by Crippen LogP contribution is -2.25. The first-order valence-corrected chi connectivity index (χ1v) is 12.9. The fourth-order valence-corrected chi connectivity index (χ4v) is 4.43. The third-order valence-corrected chi connectivity index (χ3v) is 6.74. The van der Waals surface area contributed by atoms with E-state index in [0.29, 0.717) is 22.9 Å². The van der Waals surface area contributed by atoms with Crippen LogP contribution in [0.5, 0.6) is 0 Å². The number of hydrogen-bond donors (Lipinski definition) is 2. The van der Waals surface area contributed by atoms with Crippen LogP contribution in [0.4, 0.5) is 24.5 Å². The molecule has 0 atom stereocenters. The van der Waals surface area contributed by atoms with E-state index in [4.69, 9.17) is 0 Å². The van der Waals surface area contributed by atoms with Crippen LogP contribution in [0.3, 0.4) is 0 Å². The van der Waals surface area contributed by atoms with Gasteiger partial charge in [0, 0.05) is 22.9 Å². The van der Waals surface area contributed by atoms with Gasteiger partial charge in [0.2, 0.25) is 0 Å². The lowest BCUT2D eigenvalue weighted by molar-refractivity contribution is -0.387. The number of nitro benzene ring substituents is 1. The zero-order valence-electron chi connectivity index (χ0n) is 21.8. The highest BCUT2D eigenvalue weighted by atomic mass is 32.2. The van der Waals surface area contributed by atoms with Gasteiger partial charge in [-0.05, 0) is 61.0 Å². The molecule has 9 nitrogen and oxygen atoms in total. The monoisotopic (exact) mass is 580 g/mol. The van der Waals surface area contributed by atoms with Crippen molar-refractivity contribution < 1.29 is 22.9 Å². The van der Waals surface area contributed by atoms with E-state index in [1.165, 1.54) is 24.4 Å². The number of nitro groups is 1. The average Bonchev–Trinajstić information content (AvgIpc) is 2.94. The summed E-state index contributed by atoms with van der Waals surface area (Å²) >= 11 is 0.639. The molecule has 4 rings (SSSR count). The van der Waals surface area contributed by atoms with Crippen molar-refractivity contribution in [1.82, 2.24) is 15.4 Å². The van der Waals surface area contributed by atoms with Gasteiger partial charge in [0.1, 0.15) is 5.69 Å². The molecule has 0 aliphatic rings. The lowest BCUT2D eigenvalue weighted by Gasteiger charge is -2.11. The number of anilines is 1. The minimum atomic E-state index is -4.74. The number of benzene rings is 3. The van der Waals surface area contributed by atoms with Crippen molar-refractivity contribution in [3.63, 3.8) is 0 Å². The number of nitrogens with zero attached hydrogens (tertiary/aromatic N) is 4. The molecular weight excluding hydrogens is 557 g/mol. The number of amides is 1. The topological polar surface area (TPSA) is 122 Å². The van der Waals surface area contributed by atoms with Gasteiger partial charge in [-0.15, -0.1) is 0 Å². The molecule has 13 heteroatoms. The highest BCUT2D eigenvalue weighted by Crippen LogP contribution is 2.37. The van der Waals surface area contributed by atoms with Gasteiger partial charge in [0.15, 0.2) is 5.16 Å². The molecule has 1 heterocycles. The molecule has 0 spiro atoms. The summed E-state index contributed by atoms with van der Waals surface area (Å²) in [4.78, 5) is 31.1. The molecular formula is C28H23F3N6O3S. The summed E-state index contributed by atoms with van der Waals surface area (Å²) in [6.45, 7) is 3.90. The maximum atomic E-state index is 13.5. The maximum Gasteiger partial charge on any atom is 0.433 e. The first-order chi connectivity index (χ1) is 19.5. The Balaban J connectivity index is 1.49. The third-order valence-electron chi connectivity index (χ3n) is 5.81. The molecule has 0 aliphatic heterocycles. The molecule has 210 valence electrons. The number of aromatic nitrogens is 2. The molecule has 0 saturated carbocycles. The fraction of sp³-hybridized carbons (Fsp3) is 0.143. The summed E-state index contributed by atoms with van der Waals surface area (Å²) in [6.07, 6.45) is -3.52. The van der Waals surface area contributed by atoms with Gasteiger partial charge in [0.25, 0.3) is 11.6 Å². The zero-order valence-corrected chi connectivity index (χ0v) is 22.6. The smallest absolute Gasteiger partial charge is 0.376 e. The summed E-state index contributed by atoms with van der Waals surface area (Å²) < 4.78 is 40.6. The normalized spacial score (nSPS) is 11.4. The van der Waals surface area contributed by atoms with Crippen LogP contribution in [-0.4, -0.2) is 33.6 Å². The molecule has 0 aliphatic carbocycles. The molecule has 0 radical (unpaired) electrons. The van der Waals surface area contributed by atoms with Crippen LogP contribution in [0.25, 0.3) is 11.3 Å². The second-order valence-electron chi connectivity index (χ2n) is 8.82. The Morgan fingerprint density at radius 1 is 1.02 bits per heavy atom. The molecule has 0 unspecified atom stereocenters. The van der Waals surface area contributed by atoms with E-state index in [-0.39, 0.29) is 28.0 Å². The van der Waals surface area contributed by atoms with Gasteiger partial charge in [-0.3, -0.25) is 14.9 Å². The first kappa shape index (κ1) is 29.2. The summed E-state index contributed by atoms with van der Waals surface area (Å²) in [5.74, 6) is -0.433. The SMILES string of the molecule is Cc1ccc(NCC(=O)N/N=C/c2ccc(Sc3nc(-c4ccccc4)cc(C(F)(F)F)n3)c([N+](=O)[O-])c2)cc1C. The number of hydrazone groups is 1. The van der Waals surface area contributed by atoms with Crippen LogP contribution in [0.1, 0.15) is 22.4 Å². The Labute approximate surface area is 237 Å². The Bertz CT molecular complexity index is 1610. The Morgan fingerprint density at radius 2 is 1.78 bits per heavy atom. The largest absolute Gasteiger partial charge is 0.433 e. The molecule has 0 saturated heterocycles. The summed E-state index contributed by atoms with van der Waals surface area (Å²) in [5.41, 5.74) is 4.53. The molecule has 1 aromatic heterocycles. The number of alkyl halides is 3. The maximum absolute atomic E-state index is 13.5. The molecule has 0 bridgehead atoms. The van der Waals surface area contributed by atoms with Crippen LogP contribution in [0.15, 0.2) is 87.9 Å². The van der Waals surface area contributed by atoms with E-state index in [2.05, 4.69) is 25.8 Å². The van der Waals surface area contributed by atoms with Gasteiger partial charge in [-0.25, -0.2) is 15.4 Å². The van der Waals surface area contributed by atoms with Gasteiger partial charge in [0.05, 0.1) is 28.3 Å². The van der Waals surface area contributed by atoms with Crippen molar-refractivity contribution in [2.24, 2.45) is 5.10 Å². The zero-order chi connectivity index (χ0) is 29.6. The summed E-state index contributed by atoms with van der Waals surface area (Å²) in [5, 5.41) is 18.3. The molecule has 3 aromatic carbocycles. The predicted octanol–water partition coefficient (Wildman–Crippen LogP) is 6.40. The van der Waals surface area contributed by atoms with Crippen molar-refractivity contribution in [2.75, 3.05) is 11.9 Å². The minimum absolute atomic E-state index is 0.0320. The number of halogens is 3. The standard InChI is InChI=1S/C28H23F3N6O3S/c1-17-8-10-21(12-18(17)2)32-16-26(38)36-33-15-19-9-11-24(23(13-19)37(39)40)41-27-34-22(20-6-4-3-5-7-20)14-25(35-27)28(29,30)31/h3-15,32H,16H2,1-2H3,(H,36,38)/b33-15+. The number of nitrogens with one attached hydrogen (secondary N) is 2. The summed E-state index contributed by atoms with van der Waals surface area (Å²) in [7, 11) is 0. The van der Waals surface area contributed by atoms with E-state index >= 15 is 0 Å². The molecule has 4 aromatic rings. The van der Waals surface area contributed by atoms with Crippen LogP contribution in [-0.2, 0) is 11.0 Å². The van der Waals surface area contributed by atoms with Crippen LogP contribution >= 0.6 is 11.8 Å². The van der Waals surface area contributed by atoms with Crippen molar-refractivity contribution in [1.29, 1.82) is 0 Å². The number of carbonyl (C=O) groups is 1. The van der Waals surface area contributed by atoms with Gasteiger partial charge < -0.3 is 5.32 Å². The molecule has 41 heavy (non-hydrogen) atoms. The first-order valence-electron chi connectivity index (χ1n) is 12.1. The molecule has 0 fully saturated rings. The van der Waals surface area contributed by atoms with E-state index in [1.807, 2.05) is 32.0 Å². The second-order valence-corrected chi connectivity index (χ2v) is 9.83. The highest BCUT2D eigenvalue weighted by Gasteiger charge is 2.34. The van der Waals surface area contributed by atoms with Crippen LogP contribution < -0.4 is 10.7 Å².